The van der Waals surface area contributed by atoms with E-state index in [0.717, 1.165) is 5.56 Å². The van der Waals surface area contributed by atoms with E-state index in [0.29, 0.717) is 0 Å². The number of allylic oxidation sites excluding steroid dienone is 1. The maximum atomic E-state index is 11.1. The first-order valence-corrected chi connectivity index (χ1v) is 5.75. The molecule has 1 rings (SSSR count). The molecular formula is C11H9Cl3N2O. The van der Waals surface area contributed by atoms with Crippen molar-refractivity contribution in [1.29, 1.82) is 0 Å². The number of benzene rings is 1. The zero-order valence-corrected chi connectivity index (χ0v) is 10.9. The van der Waals surface area contributed by atoms with Crippen molar-refractivity contribution in [2.75, 3.05) is 0 Å². The van der Waals surface area contributed by atoms with Gasteiger partial charge in [-0.3, -0.25) is 4.79 Å². The van der Waals surface area contributed by atoms with Crippen molar-refractivity contribution in [3.63, 3.8) is 0 Å². The molecule has 0 bridgehead atoms. The molecule has 0 saturated carbocycles. The van der Waals surface area contributed by atoms with E-state index < -0.39 is 9.70 Å². The smallest absolute Gasteiger partial charge is 0.268 e. The van der Waals surface area contributed by atoms with Crippen LogP contribution in [0.4, 0.5) is 0 Å². The monoisotopic (exact) mass is 290 g/mol. The Morgan fingerprint density at radius 2 is 1.88 bits per heavy atom. The highest BCUT2D eigenvalue weighted by atomic mass is 35.6. The highest BCUT2D eigenvalue weighted by Crippen LogP contribution is 2.25. The molecule has 0 aliphatic heterocycles. The van der Waals surface area contributed by atoms with Gasteiger partial charge in [-0.25, -0.2) is 5.43 Å². The third-order valence-corrected chi connectivity index (χ3v) is 2.19. The summed E-state index contributed by atoms with van der Waals surface area (Å²) in [4.78, 5) is 11.1. The molecule has 1 aromatic rings. The summed E-state index contributed by atoms with van der Waals surface area (Å²) < 4.78 is -2.00. The lowest BCUT2D eigenvalue weighted by Crippen LogP contribution is -2.30. The number of alkyl halides is 3. The third kappa shape index (κ3) is 5.73. The average Bonchev–Trinajstić information content (AvgIpc) is 2.28. The quantitative estimate of drug-likeness (QED) is 0.519. The Kier molecular flexibility index (Phi) is 5.48. The van der Waals surface area contributed by atoms with Crippen LogP contribution in [0.15, 0.2) is 41.5 Å². The number of hydrazone groups is 1. The number of nitrogens with one attached hydrogen (secondary N) is 1. The van der Waals surface area contributed by atoms with Crippen LogP contribution in [0.1, 0.15) is 5.56 Å². The van der Waals surface area contributed by atoms with Crippen LogP contribution in [0.2, 0.25) is 0 Å². The van der Waals surface area contributed by atoms with Crippen molar-refractivity contribution in [2.24, 2.45) is 5.10 Å². The topological polar surface area (TPSA) is 41.5 Å². The second kappa shape index (κ2) is 6.64. The van der Waals surface area contributed by atoms with Crippen LogP contribution in [0, 0.1) is 0 Å². The first-order valence-electron chi connectivity index (χ1n) is 4.62. The van der Waals surface area contributed by atoms with Gasteiger partial charge in [-0.15, -0.1) is 0 Å². The van der Waals surface area contributed by atoms with Gasteiger partial charge in [0, 0.05) is 6.21 Å². The normalized spacial score (nSPS) is 12.2. The molecule has 0 heterocycles. The van der Waals surface area contributed by atoms with Crippen LogP contribution in [-0.2, 0) is 4.79 Å². The number of carbonyl (C=O) groups excluding carboxylic acids is 1. The number of halogens is 3. The van der Waals surface area contributed by atoms with Gasteiger partial charge in [0.2, 0.25) is 0 Å². The summed E-state index contributed by atoms with van der Waals surface area (Å²) in [7, 11) is 0. The van der Waals surface area contributed by atoms with E-state index in [2.05, 4.69) is 10.5 Å². The zero-order chi connectivity index (χ0) is 12.7. The molecule has 0 saturated heterocycles. The van der Waals surface area contributed by atoms with Crippen LogP contribution in [0.25, 0.3) is 6.08 Å². The summed E-state index contributed by atoms with van der Waals surface area (Å²) in [5, 5.41) is 3.59. The lowest BCUT2D eigenvalue weighted by Gasteiger charge is -2.06. The fraction of sp³-hybridized carbons (Fsp3) is 0.0909. The minimum atomic E-state index is -2.00. The van der Waals surface area contributed by atoms with Crippen molar-refractivity contribution >= 4 is 53.0 Å². The Labute approximate surface area is 114 Å². The largest absolute Gasteiger partial charge is 0.292 e. The number of carbonyl (C=O) groups is 1. The molecule has 0 atom stereocenters. The van der Waals surface area contributed by atoms with Crippen LogP contribution < -0.4 is 5.43 Å². The SMILES string of the molecule is O=C(N/N=C/C=C/c1ccccc1)C(Cl)(Cl)Cl. The Hall–Kier alpha value is -1.03. The second-order valence-electron chi connectivity index (χ2n) is 2.99. The Morgan fingerprint density at radius 3 is 2.47 bits per heavy atom. The molecule has 1 aromatic carbocycles. The number of hydrogen-bond donors (Lipinski definition) is 1. The van der Waals surface area contributed by atoms with Gasteiger partial charge in [-0.2, -0.15) is 5.10 Å². The van der Waals surface area contributed by atoms with Gasteiger partial charge in [0.25, 0.3) is 9.70 Å². The van der Waals surface area contributed by atoms with Gasteiger partial charge < -0.3 is 0 Å². The van der Waals surface area contributed by atoms with E-state index in [1.165, 1.54) is 6.21 Å². The van der Waals surface area contributed by atoms with Crippen molar-refractivity contribution in [3.05, 3.63) is 42.0 Å². The van der Waals surface area contributed by atoms with Gasteiger partial charge in [0.15, 0.2) is 0 Å². The maximum Gasteiger partial charge on any atom is 0.292 e. The molecule has 0 radical (unpaired) electrons. The molecule has 6 heteroatoms. The molecule has 0 fully saturated rings. The van der Waals surface area contributed by atoms with Crippen LogP contribution in [-0.4, -0.2) is 15.9 Å². The third-order valence-electron chi connectivity index (χ3n) is 1.67. The van der Waals surface area contributed by atoms with E-state index in [1.54, 1.807) is 6.08 Å². The number of nitrogens with zero attached hydrogens (tertiary/aromatic N) is 1. The number of amides is 1. The fourth-order valence-electron chi connectivity index (χ4n) is 0.921. The van der Waals surface area contributed by atoms with Crippen LogP contribution in [0.3, 0.4) is 0 Å². The summed E-state index contributed by atoms with van der Waals surface area (Å²) >= 11 is 16.0. The minimum Gasteiger partial charge on any atom is -0.268 e. The molecule has 0 spiro atoms. The minimum absolute atomic E-state index is 0.799. The lowest BCUT2D eigenvalue weighted by molar-refractivity contribution is -0.120. The molecule has 0 unspecified atom stereocenters. The molecule has 0 aliphatic carbocycles. The van der Waals surface area contributed by atoms with Gasteiger partial charge >= 0.3 is 0 Å². The number of rotatable bonds is 3. The van der Waals surface area contributed by atoms with E-state index in [-0.39, 0.29) is 0 Å². The molecule has 0 aliphatic rings. The molecular weight excluding hydrogens is 282 g/mol. The van der Waals surface area contributed by atoms with E-state index >= 15 is 0 Å². The predicted molar refractivity (Wildman–Crippen MR) is 72.4 cm³/mol. The first-order chi connectivity index (χ1) is 8.00. The summed E-state index contributed by atoms with van der Waals surface area (Å²) in [6, 6.07) is 9.63. The van der Waals surface area contributed by atoms with Crippen molar-refractivity contribution in [3.8, 4) is 0 Å². The molecule has 90 valence electrons. The highest BCUT2D eigenvalue weighted by molar-refractivity contribution is 6.76. The molecule has 1 N–H and O–H groups in total. The van der Waals surface area contributed by atoms with Crippen molar-refractivity contribution in [1.82, 2.24) is 5.43 Å². The first kappa shape index (κ1) is 14.0. The standard InChI is InChI=1S/C11H9Cl3N2O/c12-11(13,14)10(17)16-15-8-4-7-9-5-2-1-3-6-9/h1-8H,(H,16,17)/b7-4+,15-8+. The van der Waals surface area contributed by atoms with Gasteiger partial charge in [0.1, 0.15) is 0 Å². The number of hydrogen-bond acceptors (Lipinski definition) is 2. The van der Waals surface area contributed by atoms with Gasteiger partial charge in [-0.05, 0) is 11.6 Å². The lowest BCUT2D eigenvalue weighted by atomic mass is 10.2. The Bertz CT molecular complexity index is 424. The van der Waals surface area contributed by atoms with Crippen LogP contribution >= 0.6 is 34.8 Å². The van der Waals surface area contributed by atoms with E-state index in [9.17, 15) is 4.79 Å². The molecule has 3 nitrogen and oxygen atoms in total. The van der Waals surface area contributed by atoms with Crippen molar-refractivity contribution in [2.45, 2.75) is 3.79 Å². The summed E-state index contributed by atoms with van der Waals surface area (Å²) in [6.07, 6.45) is 4.88. The molecule has 17 heavy (non-hydrogen) atoms. The fourth-order valence-corrected chi connectivity index (χ4v) is 1.05. The summed E-state index contributed by atoms with van der Waals surface area (Å²) in [5.74, 6) is -0.799. The van der Waals surface area contributed by atoms with Gasteiger partial charge in [-0.1, -0.05) is 71.2 Å². The second-order valence-corrected chi connectivity index (χ2v) is 5.27. The molecule has 0 aromatic heterocycles. The Balaban J connectivity index is 2.42. The Morgan fingerprint density at radius 1 is 1.24 bits per heavy atom. The summed E-state index contributed by atoms with van der Waals surface area (Å²) in [6.45, 7) is 0. The summed E-state index contributed by atoms with van der Waals surface area (Å²) in [5.41, 5.74) is 3.11. The average molecular weight is 292 g/mol. The van der Waals surface area contributed by atoms with Crippen LogP contribution in [0.5, 0.6) is 0 Å². The predicted octanol–water partition coefficient (Wildman–Crippen LogP) is 3.17. The zero-order valence-electron chi connectivity index (χ0n) is 8.61. The maximum absolute atomic E-state index is 11.1. The highest BCUT2D eigenvalue weighted by Gasteiger charge is 2.30. The van der Waals surface area contributed by atoms with E-state index in [1.807, 2.05) is 36.4 Å². The van der Waals surface area contributed by atoms with Crippen molar-refractivity contribution < 1.29 is 4.79 Å². The molecule has 1 amide bonds. The van der Waals surface area contributed by atoms with E-state index in [4.69, 9.17) is 34.8 Å². The van der Waals surface area contributed by atoms with Gasteiger partial charge in [0.05, 0.1) is 0 Å².